The molecule has 0 bridgehead atoms. The van der Waals surface area contributed by atoms with Gasteiger partial charge in [-0.05, 0) is 28.3 Å². The van der Waals surface area contributed by atoms with Gasteiger partial charge in [0.15, 0.2) is 0 Å². The van der Waals surface area contributed by atoms with E-state index in [0.717, 1.165) is 22.3 Å². The van der Waals surface area contributed by atoms with E-state index in [4.69, 9.17) is 16.3 Å². The summed E-state index contributed by atoms with van der Waals surface area (Å²) in [5.74, 6) is -0.381. The number of carbonyl (C=O) groups is 1. The number of phenols is 1. The fraction of sp³-hybridized carbons (Fsp3) is 0.208. The molecule has 3 aromatic rings. The average Bonchev–Trinajstić information content (AvgIpc) is 3.11. The first-order chi connectivity index (χ1) is 15.0. The van der Waals surface area contributed by atoms with Crippen LogP contribution < -0.4 is 5.32 Å². The molecule has 0 heterocycles. The van der Waals surface area contributed by atoms with Crippen molar-refractivity contribution in [3.8, 4) is 16.9 Å². The maximum absolute atomic E-state index is 12.2. The van der Waals surface area contributed by atoms with Crippen LogP contribution in [0.4, 0.5) is 4.79 Å². The molecule has 3 aromatic carbocycles. The van der Waals surface area contributed by atoms with Gasteiger partial charge < -0.3 is 25.4 Å². The van der Waals surface area contributed by atoms with Crippen LogP contribution >= 0.6 is 11.6 Å². The zero-order chi connectivity index (χ0) is 22.0. The van der Waals surface area contributed by atoms with Crippen LogP contribution in [-0.2, 0) is 4.74 Å². The summed E-state index contributed by atoms with van der Waals surface area (Å²) in [6.07, 6.45) is -3.49. The minimum Gasteiger partial charge on any atom is -0.506 e. The predicted octanol–water partition coefficient (Wildman–Crippen LogP) is 3.98. The van der Waals surface area contributed by atoms with Gasteiger partial charge in [-0.3, -0.25) is 0 Å². The Hall–Kier alpha value is -3.06. The standard InChI is InChI=1S/C24H22ClNO5/c25-20-11-5-10-18(22(20)28)23(29)21(27)12-26-24(30)31-13-19-16-8-3-1-6-14(16)15-7-2-4-9-17(15)19/h1-11,19,21,23,27-29H,12-13H2,(H,26,30). The Morgan fingerprint density at radius 1 is 0.968 bits per heavy atom. The van der Waals surface area contributed by atoms with Gasteiger partial charge in [0.2, 0.25) is 0 Å². The number of phenolic OH excluding ortho intramolecular Hbond substituents is 1. The minimum atomic E-state index is -1.42. The number of halogens is 1. The largest absolute Gasteiger partial charge is 0.506 e. The molecular formula is C24H22ClNO5. The van der Waals surface area contributed by atoms with E-state index in [2.05, 4.69) is 17.4 Å². The highest BCUT2D eigenvalue weighted by Crippen LogP contribution is 2.44. The molecule has 4 rings (SSSR count). The molecule has 6 nitrogen and oxygen atoms in total. The monoisotopic (exact) mass is 439 g/mol. The number of aromatic hydroxyl groups is 1. The lowest BCUT2D eigenvalue weighted by atomic mass is 9.98. The van der Waals surface area contributed by atoms with Crippen LogP contribution in [0.3, 0.4) is 0 Å². The van der Waals surface area contributed by atoms with Crippen LogP contribution in [0.15, 0.2) is 66.7 Å². The van der Waals surface area contributed by atoms with Gasteiger partial charge >= 0.3 is 6.09 Å². The molecule has 0 saturated carbocycles. The number of carbonyl (C=O) groups excluding carboxylic acids is 1. The van der Waals surface area contributed by atoms with Crippen molar-refractivity contribution in [3.05, 3.63) is 88.4 Å². The second-order valence-corrected chi connectivity index (χ2v) is 7.80. The molecule has 31 heavy (non-hydrogen) atoms. The van der Waals surface area contributed by atoms with E-state index in [-0.39, 0.29) is 35.4 Å². The van der Waals surface area contributed by atoms with E-state index in [9.17, 15) is 20.1 Å². The molecule has 0 saturated heterocycles. The number of benzene rings is 3. The topological polar surface area (TPSA) is 99.0 Å². The molecule has 0 fully saturated rings. The van der Waals surface area contributed by atoms with Gasteiger partial charge in [0.1, 0.15) is 24.6 Å². The molecule has 0 radical (unpaired) electrons. The normalized spacial score (nSPS) is 14.4. The Morgan fingerprint density at radius 3 is 2.23 bits per heavy atom. The molecule has 4 N–H and O–H groups in total. The van der Waals surface area contributed by atoms with Crippen LogP contribution in [-0.4, -0.2) is 40.7 Å². The lowest BCUT2D eigenvalue weighted by molar-refractivity contribution is 0.0173. The molecule has 1 aliphatic rings. The Morgan fingerprint density at radius 2 is 1.58 bits per heavy atom. The number of aliphatic hydroxyl groups excluding tert-OH is 2. The molecule has 1 aliphatic carbocycles. The SMILES string of the molecule is O=C(NCC(O)C(O)c1cccc(Cl)c1O)OCC1c2ccccc2-c2ccccc21. The first-order valence-corrected chi connectivity index (χ1v) is 10.3. The smallest absolute Gasteiger partial charge is 0.407 e. The van der Waals surface area contributed by atoms with Crippen LogP contribution in [0.5, 0.6) is 5.75 Å². The van der Waals surface area contributed by atoms with E-state index in [0.29, 0.717) is 0 Å². The lowest BCUT2D eigenvalue weighted by Gasteiger charge is -2.20. The number of hydrogen-bond acceptors (Lipinski definition) is 5. The summed E-state index contributed by atoms with van der Waals surface area (Å²) in [6.45, 7) is -0.114. The number of para-hydroxylation sites is 1. The second kappa shape index (κ2) is 8.98. The molecule has 0 spiro atoms. The third-order valence-electron chi connectivity index (χ3n) is 5.50. The first-order valence-electron chi connectivity index (χ1n) is 9.89. The zero-order valence-electron chi connectivity index (χ0n) is 16.5. The van der Waals surface area contributed by atoms with Crippen LogP contribution in [0.25, 0.3) is 11.1 Å². The van der Waals surface area contributed by atoms with Crippen LogP contribution in [0.2, 0.25) is 5.02 Å². The van der Waals surface area contributed by atoms with Crippen molar-refractivity contribution in [1.82, 2.24) is 5.32 Å². The van der Waals surface area contributed by atoms with E-state index in [1.54, 1.807) is 6.07 Å². The van der Waals surface area contributed by atoms with Gasteiger partial charge in [-0.15, -0.1) is 0 Å². The Bertz CT molecular complexity index is 1060. The average molecular weight is 440 g/mol. The molecule has 0 aromatic heterocycles. The predicted molar refractivity (Wildman–Crippen MR) is 117 cm³/mol. The van der Waals surface area contributed by atoms with E-state index < -0.39 is 18.3 Å². The Labute approximate surface area is 184 Å². The summed E-state index contributed by atoms with van der Waals surface area (Å²) in [4.78, 5) is 12.2. The third-order valence-corrected chi connectivity index (χ3v) is 5.81. The van der Waals surface area contributed by atoms with Gasteiger partial charge in [0.05, 0.1) is 5.02 Å². The number of ether oxygens (including phenoxy) is 1. The van der Waals surface area contributed by atoms with Gasteiger partial charge in [-0.1, -0.05) is 72.3 Å². The highest BCUT2D eigenvalue weighted by Gasteiger charge is 2.29. The van der Waals surface area contributed by atoms with E-state index in [1.807, 2.05) is 36.4 Å². The first kappa shape index (κ1) is 21.2. The number of rotatable bonds is 6. The van der Waals surface area contributed by atoms with Gasteiger partial charge in [-0.2, -0.15) is 0 Å². The summed E-state index contributed by atoms with van der Waals surface area (Å²) >= 11 is 5.83. The third kappa shape index (κ3) is 4.23. The van der Waals surface area contributed by atoms with Crippen molar-refractivity contribution in [1.29, 1.82) is 0 Å². The summed E-state index contributed by atoms with van der Waals surface area (Å²) in [5, 5.41) is 32.9. The highest BCUT2D eigenvalue weighted by atomic mass is 35.5. The van der Waals surface area contributed by atoms with Crippen molar-refractivity contribution >= 4 is 17.7 Å². The van der Waals surface area contributed by atoms with Crippen LogP contribution in [0, 0.1) is 0 Å². The Kier molecular flexibility index (Phi) is 6.13. The minimum absolute atomic E-state index is 0.0632. The van der Waals surface area contributed by atoms with Gasteiger partial charge in [0.25, 0.3) is 0 Å². The van der Waals surface area contributed by atoms with Crippen molar-refractivity contribution < 1.29 is 24.9 Å². The van der Waals surface area contributed by atoms with Gasteiger partial charge in [-0.25, -0.2) is 4.79 Å². The second-order valence-electron chi connectivity index (χ2n) is 7.40. The summed E-state index contributed by atoms with van der Waals surface area (Å²) in [6, 6.07) is 20.5. The summed E-state index contributed by atoms with van der Waals surface area (Å²) in [7, 11) is 0. The fourth-order valence-electron chi connectivity index (χ4n) is 3.93. The molecule has 2 atom stereocenters. The number of alkyl carbamates (subject to hydrolysis) is 1. The number of nitrogens with one attached hydrogen (secondary N) is 1. The quantitative estimate of drug-likeness (QED) is 0.465. The maximum atomic E-state index is 12.2. The number of aliphatic hydroxyl groups is 2. The molecule has 160 valence electrons. The van der Waals surface area contributed by atoms with E-state index >= 15 is 0 Å². The van der Waals surface area contributed by atoms with Gasteiger partial charge in [0, 0.05) is 18.0 Å². The molecular weight excluding hydrogens is 418 g/mol. The van der Waals surface area contributed by atoms with Crippen molar-refractivity contribution in [2.75, 3.05) is 13.2 Å². The zero-order valence-corrected chi connectivity index (χ0v) is 17.3. The fourth-order valence-corrected chi connectivity index (χ4v) is 4.11. The maximum Gasteiger partial charge on any atom is 0.407 e. The number of fused-ring (bicyclic) bond motifs is 3. The van der Waals surface area contributed by atoms with Crippen molar-refractivity contribution in [2.45, 2.75) is 18.1 Å². The van der Waals surface area contributed by atoms with Crippen molar-refractivity contribution in [2.24, 2.45) is 0 Å². The van der Waals surface area contributed by atoms with Crippen LogP contribution in [0.1, 0.15) is 28.7 Å². The van der Waals surface area contributed by atoms with E-state index in [1.165, 1.54) is 12.1 Å². The number of amides is 1. The lowest BCUT2D eigenvalue weighted by Crippen LogP contribution is -2.36. The highest BCUT2D eigenvalue weighted by molar-refractivity contribution is 6.32. The summed E-state index contributed by atoms with van der Waals surface area (Å²) in [5.41, 5.74) is 4.54. The molecule has 7 heteroatoms. The summed E-state index contributed by atoms with van der Waals surface area (Å²) < 4.78 is 5.41. The molecule has 2 unspecified atom stereocenters. The number of hydrogen-bond donors (Lipinski definition) is 4. The Balaban J connectivity index is 1.35. The van der Waals surface area contributed by atoms with Crippen molar-refractivity contribution in [3.63, 3.8) is 0 Å². The molecule has 0 aliphatic heterocycles. The molecule has 1 amide bonds.